The summed E-state index contributed by atoms with van der Waals surface area (Å²) in [4.78, 5) is 10.6. The number of anilines is 1. The molecule has 5 nitrogen and oxygen atoms in total. The van der Waals surface area contributed by atoms with Crippen molar-refractivity contribution in [2.45, 2.75) is 6.42 Å². The van der Waals surface area contributed by atoms with E-state index in [1.165, 1.54) is 6.07 Å². The molecule has 1 N–H and O–H groups in total. The fourth-order valence-electron chi connectivity index (χ4n) is 2.02. The third kappa shape index (κ3) is 4.19. The molecule has 0 radical (unpaired) electrons. The Hall–Kier alpha value is -2.08. The Kier molecular flexibility index (Phi) is 5.16. The molecule has 0 unspecified atom stereocenters. The van der Waals surface area contributed by atoms with Crippen LogP contribution in [-0.4, -0.2) is 18.6 Å². The molecule has 6 heteroatoms. The molecule has 0 saturated heterocycles. The van der Waals surface area contributed by atoms with Gasteiger partial charge in [-0.1, -0.05) is 34.1 Å². The molecule has 0 heterocycles. The van der Waals surface area contributed by atoms with Crippen LogP contribution < -0.4 is 10.1 Å². The summed E-state index contributed by atoms with van der Waals surface area (Å²) in [5.41, 5.74) is 1.78. The van der Waals surface area contributed by atoms with Crippen molar-refractivity contribution >= 4 is 27.3 Å². The standard InChI is InChI=1S/C15H15BrN2O3/c1-21-14-9-12(16)8-13(10-14)17-7-6-11-4-2-3-5-15(11)18(19)20/h2-5,8-10,17H,6-7H2,1H3. The van der Waals surface area contributed by atoms with E-state index in [9.17, 15) is 10.1 Å². The van der Waals surface area contributed by atoms with Crippen LogP contribution >= 0.6 is 15.9 Å². The maximum Gasteiger partial charge on any atom is 0.272 e. The molecular weight excluding hydrogens is 336 g/mol. The molecule has 0 fully saturated rings. The van der Waals surface area contributed by atoms with Crippen LogP contribution in [0.3, 0.4) is 0 Å². The van der Waals surface area contributed by atoms with Crippen LogP contribution in [0.5, 0.6) is 5.75 Å². The van der Waals surface area contributed by atoms with Gasteiger partial charge in [-0.3, -0.25) is 10.1 Å². The summed E-state index contributed by atoms with van der Waals surface area (Å²) in [6.45, 7) is 0.602. The number of hydrogen-bond acceptors (Lipinski definition) is 4. The average molecular weight is 351 g/mol. The van der Waals surface area contributed by atoms with E-state index in [0.717, 1.165) is 21.5 Å². The summed E-state index contributed by atoms with van der Waals surface area (Å²) in [6.07, 6.45) is 0.575. The Morgan fingerprint density at radius 1 is 1.29 bits per heavy atom. The highest BCUT2D eigenvalue weighted by Crippen LogP contribution is 2.25. The number of ether oxygens (including phenoxy) is 1. The van der Waals surface area contributed by atoms with Crippen LogP contribution in [0.25, 0.3) is 0 Å². The minimum absolute atomic E-state index is 0.158. The van der Waals surface area contributed by atoms with Crippen LogP contribution in [0.1, 0.15) is 5.56 Å². The predicted octanol–water partition coefficient (Wildman–Crippen LogP) is 4.02. The summed E-state index contributed by atoms with van der Waals surface area (Å²) in [5.74, 6) is 0.748. The number of nitro groups is 1. The summed E-state index contributed by atoms with van der Waals surface area (Å²) in [5, 5.41) is 14.2. The molecule has 0 bridgehead atoms. The van der Waals surface area contributed by atoms with Gasteiger partial charge in [-0.15, -0.1) is 0 Å². The zero-order chi connectivity index (χ0) is 15.2. The monoisotopic (exact) mass is 350 g/mol. The van der Waals surface area contributed by atoms with Gasteiger partial charge in [0.2, 0.25) is 0 Å². The maximum atomic E-state index is 10.9. The predicted molar refractivity (Wildman–Crippen MR) is 86.0 cm³/mol. The van der Waals surface area contributed by atoms with Gasteiger partial charge in [0.05, 0.1) is 12.0 Å². The van der Waals surface area contributed by atoms with Crippen molar-refractivity contribution in [2.24, 2.45) is 0 Å². The van der Waals surface area contributed by atoms with Crippen molar-refractivity contribution in [1.29, 1.82) is 0 Å². The summed E-state index contributed by atoms with van der Waals surface area (Å²) in [6, 6.07) is 12.5. The molecular formula is C15H15BrN2O3. The van der Waals surface area contributed by atoms with Crippen molar-refractivity contribution in [3.63, 3.8) is 0 Å². The van der Waals surface area contributed by atoms with Gasteiger partial charge in [-0.05, 0) is 18.6 Å². The highest BCUT2D eigenvalue weighted by atomic mass is 79.9. The molecule has 0 saturated carbocycles. The Morgan fingerprint density at radius 2 is 2.05 bits per heavy atom. The van der Waals surface area contributed by atoms with E-state index in [4.69, 9.17) is 4.74 Å². The fourth-order valence-corrected chi connectivity index (χ4v) is 2.50. The van der Waals surface area contributed by atoms with Gasteiger partial charge in [0.25, 0.3) is 5.69 Å². The number of nitrogens with one attached hydrogen (secondary N) is 1. The van der Waals surface area contributed by atoms with Gasteiger partial charge >= 0.3 is 0 Å². The molecule has 21 heavy (non-hydrogen) atoms. The van der Waals surface area contributed by atoms with Crippen LogP contribution in [-0.2, 0) is 6.42 Å². The number of nitrogens with zero attached hydrogens (tertiary/aromatic N) is 1. The van der Waals surface area contributed by atoms with Crippen molar-refractivity contribution in [1.82, 2.24) is 0 Å². The number of methoxy groups -OCH3 is 1. The maximum absolute atomic E-state index is 10.9. The Balaban J connectivity index is 2.02. The van der Waals surface area contributed by atoms with Gasteiger partial charge < -0.3 is 10.1 Å². The van der Waals surface area contributed by atoms with Crippen molar-refractivity contribution in [2.75, 3.05) is 19.0 Å². The second-order valence-corrected chi connectivity index (χ2v) is 5.36. The van der Waals surface area contributed by atoms with Crippen molar-refractivity contribution in [3.8, 4) is 5.75 Å². The minimum atomic E-state index is -0.350. The third-order valence-corrected chi connectivity index (χ3v) is 3.48. The number of rotatable bonds is 6. The summed E-state index contributed by atoms with van der Waals surface area (Å²) >= 11 is 3.41. The Morgan fingerprint density at radius 3 is 2.76 bits per heavy atom. The van der Waals surface area contributed by atoms with Crippen LogP contribution in [0, 0.1) is 10.1 Å². The van der Waals surface area contributed by atoms with Gasteiger partial charge in [-0.25, -0.2) is 0 Å². The highest BCUT2D eigenvalue weighted by Gasteiger charge is 2.11. The average Bonchev–Trinajstić information content (AvgIpc) is 2.47. The number of para-hydroxylation sites is 1. The Bertz CT molecular complexity index is 647. The molecule has 0 aliphatic rings. The van der Waals surface area contributed by atoms with Crippen molar-refractivity contribution in [3.05, 3.63) is 62.6 Å². The lowest BCUT2D eigenvalue weighted by atomic mass is 10.1. The molecule has 0 aliphatic carbocycles. The topological polar surface area (TPSA) is 64.4 Å². The van der Waals surface area contributed by atoms with Crippen LogP contribution in [0.4, 0.5) is 11.4 Å². The normalized spacial score (nSPS) is 10.2. The molecule has 0 spiro atoms. The number of benzene rings is 2. The molecule has 2 rings (SSSR count). The van der Waals surface area contributed by atoms with E-state index in [2.05, 4.69) is 21.2 Å². The van der Waals surface area contributed by atoms with Gasteiger partial charge in [0.15, 0.2) is 0 Å². The zero-order valence-corrected chi connectivity index (χ0v) is 13.1. The fraction of sp³-hybridized carbons (Fsp3) is 0.200. The molecule has 0 aromatic heterocycles. The van der Waals surface area contributed by atoms with E-state index < -0.39 is 0 Å². The largest absolute Gasteiger partial charge is 0.497 e. The van der Waals surface area contributed by atoms with Gasteiger partial charge in [0, 0.05) is 34.4 Å². The van der Waals surface area contributed by atoms with E-state index in [-0.39, 0.29) is 10.6 Å². The lowest BCUT2D eigenvalue weighted by Gasteiger charge is -2.09. The van der Waals surface area contributed by atoms with E-state index >= 15 is 0 Å². The highest BCUT2D eigenvalue weighted by molar-refractivity contribution is 9.10. The minimum Gasteiger partial charge on any atom is -0.497 e. The molecule has 2 aromatic carbocycles. The van der Waals surface area contributed by atoms with E-state index in [1.807, 2.05) is 24.3 Å². The van der Waals surface area contributed by atoms with Crippen LogP contribution in [0.15, 0.2) is 46.9 Å². The number of halogens is 1. The second kappa shape index (κ2) is 7.08. The molecule has 0 aliphatic heterocycles. The van der Waals surface area contributed by atoms with Gasteiger partial charge in [-0.2, -0.15) is 0 Å². The van der Waals surface area contributed by atoms with E-state index in [1.54, 1.807) is 19.2 Å². The number of hydrogen-bond donors (Lipinski definition) is 1. The van der Waals surface area contributed by atoms with Crippen LogP contribution in [0.2, 0.25) is 0 Å². The first kappa shape index (κ1) is 15.3. The number of nitro benzene ring substituents is 1. The van der Waals surface area contributed by atoms with Crippen molar-refractivity contribution < 1.29 is 9.66 Å². The first-order chi connectivity index (χ1) is 10.1. The smallest absolute Gasteiger partial charge is 0.272 e. The first-order valence-electron chi connectivity index (χ1n) is 6.41. The summed E-state index contributed by atoms with van der Waals surface area (Å²) < 4.78 is 6.10. The quantitative estimate of drug-likeness (QED) is 0.631. The molecule has 110 valence electrons. The SMILES string of the molecule is COc1cc(Br)cc(NCCc2ccccc2[N+](=O)[O-])c1. The van der Waals surface area contributed by atoms with E-state index in [0.29, 0.717) is 13.0 Å². The lowest BCUT2D eigenvalue weighted by molar-refractivity contribution is -0.385. The molecule has 2 aromatic rings. The zero-order valence-electron chi connectivity index (χ0n) is 11.5. The second-order valence-electron chi connectivity index (χ2n) is 4.44. The summed E-state index contributed by atoms with van der Waals surface area (Å²) in [7, 11) is 1.61. The Labute approximate surface area is 131 Å². The van der Waals surface area contributed by atoms with Gasteiger partial charge in [0.1, 0.15) is 5.75 Å². The molecule has 0 atom stereocenters. The molecule has 0 amide bonds. The third-order valence-electron chi connectivity index (χ3n) is 3.02. The lowest BCUT2D eigenvalue weighted by Crippen LogP contribution is -2.06. The first-order valence-corrected chi connectivity index (χ1v) is 7.20.